The molecule has 0 aliphatic rings. The third-order valence-corrected chi connectivity index (χ3v) is 2.51. The van der Waals surface area contributed by atoms with Crippen LogP contribution in [0.25, 0.3) is 21.9 Å². The molecule has 0 saturated heterocycles. The molecule has 0 fully saturated rings. The minimum Gasteiger partial charge on any atom is -0.471 e. The minimum absolute atomic E-state index is 0.0203. The summed E-state index contributed by atoms with van der Waals surface area (Å²) in [6, 6.07) is 6.71. The fraction of sp³-hybridized carbons (Fsp3) is 0.0833. The molecular weight excluding hydrogens is 222 g/mol. The highest BCUT2D eigenvalue weighted by Gasteiger charge is 2.13. The van der Waals surface area contributed by atoms with Crippen molar-refractivity contribution in [3.05, 3.63) is 40.9 Å². The average molecular weight is 231 g/mol. The molecule has 0 bridgehead atoms. The molecule has 5 nitrogen and oxygen atoms in total. The molecule has 0 radical (unpaired) electrons. The Bertz CT molecular complexity index is 741. The van der Waals surface area contributed by atoms with Gasteiger partial charge in [-0.2, -0.15) is 0 Å². The van der Waals surface area contributed by atoms with Crippen molar-refractivity contribution in [3.8, 4) is 5.75 Å². The number of benzene rings is 1. The van der Waals surface area contributed by atoms with E-state index < -0.39 is 5.63 Å². The van der Waals surface area contributed by atoms with Crippen molar-refractivity contribution in [1.82, 2.24) is 0 Å². The maximum Gasteiger partial charge on any atom is 0.336 e. The zero-order valence-corrected chi connectivity index (χ0v) is 8.80. The van der Waals surface area contributed by atoms with Crippen LogP contribution in [-0.2, 0) is 0 Å². The van der Waals surface area contributed by atoms with E-state index in [1.807, 2.05) is 12.1 Å². The fourth-order valence-corrected chi connectivity index (χ4v) is 1.82. The average Bonchev–Trinajstić information content (AvgIpc) is 2.77. The van der Waals surface area contributed by atoms with Crippen LogP contribution in [0.1, 0.15) is 0 Å². The van der Waals surface area contributed by atoms with Crippen LogP contribution in [0.4, 0.5) is 0 Å². The van der Waals surface area contributed by atoms with Gasteiger partial charge in [0.25, 0.3) is 0 Å². The molecule has 0 atom stereocenters. The van der Waals surface area contributed by atoms with Crippen molar-refractivity contribution < 1.29 is 13.6 Å². The molecule has 0 spiro atoms. The number of hydrogen-bond donors (Lipinski definition) is 1. The number of ether oxygens (including phenoxy) is 1. The van der Waals surface area contributed by atoms with Crippen LogP contribution in [-0.4, -0.2) is 6.73 Å². The van der Waals surface area contributed by atoms with E-state index in [9.17, 15) is 4.79 Å². The summed E-state index contributed by atoms with van der Waals surface area (Å²) in [5.41, 5.74) is 5.80. The van der Waals surface area contributed by atoms with E-state index in [2.05, 4.69) is 0 Å². The van der Waals surface area contributed by atoms with Crippen molar-refractivity contribution in [2.24, 2.45) is 5.73 Å². The van der Waals surface area contributed by atoms with Gasteiger partial charge in [0.1, 0.15) is 6.73 Å². The van der Waals surface area contributed by atoms with Crippen molar-refractivity contribution in [3.63, 3.8) is 0 Å². The van der Waals surface area contributed by atoms with Crippen LogP contribution >= 0.6 is 0 Å². The van der Waals surface area contributed by atoms with Crippen LogP contribution in [0.15, 0.2) is 44.2 Å². The maximum absolute atomic E-state index is 11.2. The Morgan fingerprint density at radius 2 is 2.00 bits per heavy atom. The first kappa shape index (κ1) is 9.92. The van der Waals surface area contributed by atoms with E-state index >= 15 is 0 Å². The largest absolute Gasteiger partial charge is 0.471 e. The smallest absolute Gasteiger partial charge is 0.336 e. The van der Waals surface area contributed by atoms with Crippen molar-refractivity contribution in [1.29, 1.82) is 0 Å². The summed E-state index contributed by atoms with van der Waals surface area (Å²) in [5, 5.41) is 1.64. The van der Waals surface area contributed by atoms with Crippen molar-refractivity contribution >= 4 is 21.9 Å². The zero-order valence-electron chi connectivity index (χ0n) is 8.80. The lowest BCUT2D eigenvalue weighted by Gasteiger charge is -2.06. The summed E-state index contributed by atoms with van der Waals surface area (Å²) in [7, 11) is 0. The summed E-state index contributed by atoms with van der Waals surface area (Å²) in [6.07, 6.45) is 1.55. The number of fused-ring (bicyclic) bond motifs is 2. The number of hydrogen-bond acceptors (Lipinski definition) is 5. The predicted molar refractivity (Wildman–Crippen MR) is 61.9 cm³/mol. The molecule has 0 amide bonds. The zero-order chi connectivity index (χ0) is 11.8. The summed E-state index contributed by atoms with van der Waals surface area (Å²) >= 11 is 0. The monoisotopic (exact) mass is 231 g/mol. The summed E-state index contributed by atoms with van der Waals surface area (Å²) < 4.78 is 15.7. The standard InChI is InChI=1S/C12H9NO4/c13-6-16-12-10-8(3-4-15-10)5-7-1-2-9(14)17-11(7)12/h1-5H,6,13H2. The molecule has 86 valence electrons. The van der Waals surface area contributed by atoms with E-state index in [1.54, 1.807) is 12.3 Å². The molecule has 2 N–H and O–H groups in total. The Labute approximate surface area is 95.4 Å². The molecule has 17 heavy (non-hydrogen) atoms. The number of rotatable bonds is 2. The second-order valence-corrected chi connectivity index (χ2v) is 3.53. The van der Waals surface area contributed by atoms with E-state index in [4.69, 9.17) is 19.3 Å². The van der Waals surface area contributed by atoms with E-state index in [0.29, 0.717) is 16.9 Å². The summed E-state index contributed by atoms with van der Waals surface area (Å²) in [6.45, 7) is -0.0203. The molecule has 3 rings (SSSR count). The van der Waals surface area contributed by atoms with E-state index in [0.717, 1.165) is 10.8 Å². The highest BCUT2D eigenvalue weighted by Crippen LogP contribution is 2.34. The summed E-state index contributed by atoms with van der Waals surface area (Å²) in [5.74, 6) is 0.364. The molecule has 5 heteroatoms. The third-order valence-electron chi connectivity index (χ3n) is 2.51. The quantitative estimate of drug-likeness (QED) is 0.537. The molecule has 2 heterocycles. The van der Waals surface area contributed by atoms with E-state index in [1.165, 1.54) is 6.07 Å². The van der Waals surface area contributed by atoms with Crippen LogP contribution in [0.2, 0.25) is 0 Å². The van der Waals surface area contributed by atoms with Gasteiger partial charge in [-0.1, -0.05) is 0 Å². The molecule has 0 aliphatic carbocycles. The Kier molecular flexibility index (Phi) is 2.12. The van der Waals surface area contributed by atoms with Gasteiger partial charge in [-0.25, -0.2) is 4.79 Å². The van der Waals surface area contributed by atoms with Gasteiger partial charge in [-0.3, -0.25) is 5.73 Å². The summed E-state index contributed by atoms with van der Waals surface area (Å²) in [4.78, 5) is 11.2. The Hall–Kier alpha value is -2.27. The molecule has 1 aromatic carbocycles. The van der Waals surface area contributed by atoms with Gasteiger partial charge in [-0.15, -0.1) is 0 Å². The number of furan rings is 1. The van der Waals surface area contributed by atoms with Crippen LogP contribution < -0.4 is 16.1 Å². The molecule has 3 aromatic rings. The molecule has 0 saturated carbocycles. The first-order valence-electron chi connectivity index (χ1n) is 5.06. The number of nitrogens with two attached hydrogens (primary N) is 1. The van der Waals surface area contributed by atoms with E-state index in [-0.39, 0.29) is 6.73 Å². The lowest BCUT2D eigenvalue weighted by atomic mass is 10.1. The molecular formula is C12H9NO4. The topological polar surface area (TPSA) is 78.6 Å². The highest BCUT2D eigenvalue weighted by atomic mass is 16.5. The molecule has 0 aliphatic heterocycles. The Morgan fingerprint density at radius 1 is 1.18 bits per heavy atom. The first-order valence-corrected chi connectivity index (χ1v) is 5.06. The third kappa shape index (κ3) is 1.48. The first-order chi connectivity index (χ1) is 8.29. The normalized spacial score (nSPS) is 11.1. The van der Waals surface area contributed by atoms with Gasteiger partial charge >= 0.3 is 5.63 Å². The van der Waals surface area contributed by atoms with Gasteiger partial charge in [0, 0.05) is 16.8 Å². The maximum atomic E-state index is 11.2. The van der Waals surface area contributed by atoms with Gasteiger partial charge in [0.2, 0.25) is 5.75 Å². The second kappa shape index (κ2) is 3.64. The molecule has 0 unspecified atom stereocenters. The van der Waals surface area contributed by atoms with Gasteiger partial charge in [-0.05, 0) is 18.2 Å². The minimum atomic E-state index is -0.440. The van der Waals surface area contributed by atoms with Gasteiger partial charge in [0.05, 0.1) is 6.26 Å². The predicted octanol–water partition coefficient (Wildman–Crippen LogP) is 1.83. The van der Waals surface area contributed by atoms with Gasteiger partial charge in [0.15, 0.2) is 11.2 Å². The molecule has 2 aromatic heterocycles. The lowest BCUT2D eigenvalue weighted by molar-refractivity contribution is 0.325. The SMILES string of the molecule is NCOc1c2occc2cc2ccc(=O)oc12. The van der Waals surface area contributed by atoms with Crippen LogP contribution in [0, 0.1) is 0 Å². The highest BCUT2D eigenvalue weighted by molar-refractivity contribution is 5.99. The van der Waals surface area contributed by atoms with Crippen molar-refractivity contribution in [2.45, 2.75) is 0 Å². The second-order valence-electron chi connectivity index (χ2n) is 3.53. The van der Waals surface area contributed by atoms with Crippen LogP contribution in [0.3, 0.4) is 0 Å². The Morgan fingerprint density at radius 3 is 2.82 bits per heavy atom. The fourth-order valence-electron chi connectivity index (χ4n) is 1.82. The Balaban J connectivity index is 2.49. The van der Waals surface area contributed by atoms with Crippen molar-refractivity contribution in [2.75, 3.05) is 6.73 Å². The lowest BCUT2D eigenvalue weighted by Crippen LogP contribution is -2.08. The van der Waals surface area contributed by atoms with Gasteiger partial charge < -0.3 is 13.6 Å². The van der Waals surface area contributed by atoms with Crippen LogP contribution in [0.5, 0.6) is 5.75 Å².